The topological polar surface area (TPSA) is 96.3 Å². The van der Waals surface area contributed by atoms with E-state index in [2.05, 4.69) is 11.2 Å². The molecule has 3 atom stereocenters. The van der Waals surface area contributed by atoms with Crippen LogP contribution in [0.25, 0.3) is 10.8 Å². The first kappa shape index (κ1) is 25.7. The van der Waals surface area contributed by atoms with Crippen LogP contribution in [0.15, 0.2) is 90.0 Å². The summed E-state index contributed by atoms with van der Waals surface area (Å²) in [6.07, 6.45) is 5.30. The van der Waals surface area contributed by atoms with Gasteiger partial charge in [-0.15, -0.1) is 0 Å². The molecule has 8 nitrogen and oxygen atoms in total. The SMILES string of the molecule is O=C(CCN1C(=O)C2CC=CCC2C1=O)OCC(=O)N1N=C(c2ccc3ccccc3c2)CC1c1ccccc1. The number of fused-ring (bicyclic) bond motifs is 2. The van der Waals surface area contributed by atoms with Gasteiger partial charge in [-0.3, -0.25) is 24.1 Å². The second-order valence-electron chi connectivity index (χ2n) is 10.4. The Balaban J connectivity index is 1.12. The molecule has 0 saturated carbocycles. The molecule has 2 heterocycles. The number of hydrogen-bond acceptors (Lipinski definition) is 6. The zero-order valence-electron chi connectivity index (χ0n) is 21.9. The molecular weight excluding hydrogens is 506 g/mol. The van der Waals surface area contributed by atoms with Gasteiger partial charge in [0.25, 0.3) is 5.91 Å². The standard InChI is InChI=1S/C32H29N3O5/c36-29(20-40-30(37)16-17-34-31(38)25-12-6-7-13-26(25)32(34)39)35-28(22-9-2-1-3-10-22)19-27(33-35)24-15-14-21-8-4-5-11-23(21)18-24/h1-11,14-15,18,25-26,28H,12-13,16-17,19-20H2. The highest BCUT2D eigenvalue weighted by Crippen LogP contribution is 2.35. The van der Waals surface area contributed by atoms with Crippen molar-refractivity contribution in [2.45, 2.75) is 31.7 Å². The number of allylic oxidation sites excluding steroid dienone is 2. The van der Waals surface area contributed by atoms with Crippen LogP contribution in [0.2, 0.25) is 0 Å². The lowest BCUT2D eigenvalue weighted by Crippen LogP contribution is -2.34. The van der Waals surface area contributed by atoms with E-state index in [9.17, 15) is 19.2 Å². The lowest BCUT2D eigenvalue weighted by atomic mass is 9.85. The van der Waals surface area contributed by atoms with E-state index in [1.807, 2.05) is 78.9 Å². The lowest BCUT2D eigenvalue weighted by molar-refractivity contribution is -0.153. The third-order valence-corrected chi connectivity index (χ3v) is 7.93. The predicted octanol–water partition coefficient (Wildman–Crippen LogP) is 4.40. The molecule has 3 aliphatic rings. The Kier molecular flexibility index (Phi) is 6.99. The van der Waals surface area contributed by atoms with Gasteiger partial charge in [0.1, 0.15) is 0 Å². The number of esters is 1. The first-order valence-corrected chi connectivity index (χ1v) is 13.6. The number of benzene rings is 3. The van der Waals surface area contributed by atoms with Gasteiger partial charge in [-0.1, -0.05) is 78.9 Å². The zero-order chi connectivity index (χ0) is 27.6. The normalized spacial score (nSPS) is 22.0. The number of ether oxygens (including phenoxy) is 1. The molecular formula is C32H29N3O5. The molecule has 40 heavy (non-hydrogen) atoms. The fourth-order valence-corrected chi connectivity index (χ4v) is 5.79. The molecule has 0 bridgehead atoms. The number of likely N-dealkylation sites (tertiary alicyclic amines) is 1. The molecule has 202 valence electrons. The van der Waals surface area contributed by atoms with Crippen molar-refractivity contribution in [2.75, 3.05) is 13.2 Å². The van der Waals surface area contributed by atoms with Crippen LogP contribution in [-0.2, 0) is 23.9 Å². The fraction of sp³-hybridized carbons (Fsp3) is 0.281. The number of imide groups is 1. The van der Waals surface area contributed by atoms with Crippen LogP contribution in [0, 0.1) is 11.8 Å². The van der Waals surface area contributed by atoms with Crippen LogP contribution in [-0.4, -0.2) is 52.5 Å². The summed E-state index contributed by atoms with van der Waals surface area (Å²) in [5, 5.41) is 8.29. The molecule has 8 heteroatoms. The predicted molar refractivity (Wildman–Crippen MR) is 149 cm³/mol. The minimum absolute atomic E-state index is 0.0433. The Morgan fingerprint density at radius 3 is 2.25 bits per heavy atom. The largest absolute Gasteiger partial charge is 0.455 e. The van der Waals surface area contributed by atoms with Crippen molar-refractivity contribution >= 4 is 40.2 Å². The third-order valence-electron chi connectivity index (χ3n) is 7.93. The Hall–Kier alpha value is -4.59. The van der Waals surface area contributed by atoms with Crippen molar-refractivity contribution in [3.8, 4) is 0 Å². The molecule has 0 N–H and O–H groups in total. The van der Waals surface area contributed by atoms with E-state index in [4.69, 9.17) is 4.74 Å². The van der Waals surface area contributed by atoms with Crippen LogP contribution in [0.5, 0.6) is 0 Å². The smallest absolute Gasteiger partial charge is 0.308 e. The molecule has 3 aromatic rings. The minimum atomic E-state index is -0.642. The molecule has 3 unspecified atom stereocenters. The quantitative estimate of drug-likeness (QED) is 0.254. The maximum Gasteiger partial charge on any atom is 0.308 e. The second-order valence-corrected chi connectivity index (χ2v) is 10.4. The van der Waals surface area contributed by atoms with Gasteiger partial charge in [0.2, 0.25) is 11.8 Å². The van der Waals surface area contributed by atoms with E-state index in [1.165, 1.54) is 5.01 Å². The van der Waals surface area contributed by atoms with Gasteiger partial charge >= 0.3 is 5.97 Å². The van der Waals surface area contributed by atoms with Crippen LogP contribution in [0.4, 0.5) is 0 Å². The molecule has 1 aliphatic carbocycles. The molecule has 3 aromatic carbocycles. The van der Waals surface area contributed by atoms with E-state index < -0.39 is 18.5 Å². The van der Waals surface area contributed by atoms with Crippen LogP contribution < -0.4 is 0 Å². The van der Waals surface area contributed by atoms with Gasteiger partial charge in [-0.25, -0.2) is 5.01 Å². The van der Waals surface area contributed by atoms with Crippen LogP contribution >= 0.6 is 0 Å². The van der Waals surface area contributed by atoms with Gasteiger partial charge in [0.05, 0.1) is 30.0 Å². The maximum absolute atomic E-state index is 13.3. The van der Waals surface area contributed by atoms with Gasteiger partial charge in [0.15, 0.2) is 6.61 Å². The minimum Gasteiger partial charge on any atom is -0.455 e. The number of rotatable bonds is 7. The average molecular weight is 536 g/mol. The molecule has 0 aromatic heterocycles. The Bertz CT molecular complexity index is 1520. The summed E-state index contributed by atoms with van der Waals surface area (Å²) >= 11 is 0. The van der Waals surface area contributed by atoms with Crippen molar-refractivity contribution in [1.29, 1.82) is 0 Å². The molecule has 0 radical (unpaired) electrons. The Morgan fingerprint density at radius 1 is 0.850 bits per heavy atom. The third kappa shape index (κ3) is 4.93. The number of amides is 3. The van der Waals surface area contributed by atoms with Gasteiger partial charge in [-0.2, -0.15) is 5.10 Å². The zero-order valence-corrected chi connectivity index (χ0v) is 21.9. The second kappa shape index (κ2) is 10.9. The molecule has 1 saturated heterocycles. The summed E-state index contributed by atoms with van der Waals surface area (Å²) < 4.78 is 5.29. The van der Waals surface area contributed by atoms with E-state index in [0.29, 0.717) is 19.3 Å². The van der Waals surface area contributed by atoms with Crippen molar-refractivity contribution in [3.05, 3.63) is 96.1 Å². The highest BCUT2D eigenvalue weighted by molar-refractivity contribution is 6.06. The van der Waals surface area contributed by atoms with Gasteiger partial charge in [0, 0.05) is 13.0 Å². The number of hydrogen-bond donors (Lipinski definition) is 0. The summed E-state index contributed by atoms with van der Waals surface area (Å²) in [6, 6.07) is 23.5. The fourth-order valence-electron chi connectivity index (χ4n) is 5.79. The summed E-state index contributed by atoms with van der Waals surface area (Å²) in [6.45, 7) is -0.522. The number of hydrazone groups is 1. The van der Waals surface area contributed by atoms with E-state index in [0.717, 1.165) is 32.5 Å². The number of nitrogens with zero attached hydrogens (tertiary/aromatic N) is 3. The van der Waals surface area contributed by atoms with Gasteiger partial charge < -0.3 is 4.74 Å². The summed E-state index contributed by atoms with van der Waals surface area (Å²) in [7, 11) is 0. The summed E-state index contributed by atoms with van der Waals surface area (Å²) in [5.41, 5.74) is 2.65. The van der Waals surface area contributed by atoms with Crippen molar-refractivity contribution < 1.29 is 23.9 Å². The van der Waals surface area contributed by atoms with Crippen molar-refractivity contribution in [2.24, 2.45) is 16.9 Å². The first-order chi connectivity index (χ1) is 19.5. The lowest BCUT2D eigenvalue weighted by Gasteiger charge is -2.22. The molecule has 1 fully saturated rings. The highest BCUT2D eigenvalue weighted by atomic mass is 16.5. The molecule has 2 aliphatic heterocycles. The number of carbonyl (C=O) groups is 4. The van der Waals surface area contributed by atoms with Crippen molar-refractivity contribution in [1.82, 2.24) is 9.91 Å². The molecule has 6 rings (SSSR count). The highest BCUT2D eigenvalue weighted by Gasteiger charge is 2.47. The monoisotopic (exact) mass is 535 g/mol. The number of carbonyl (C=O) groups excluding carboxylic acids is 4. The average Bonchev–Trinajstić information content (AvgIpc) is 3.55. The summed E-state index contributed by atoms with van der Waals surface area (Å²) in [5.74, 6) is -2.23. The van der Waals surface area contributed by atoms with Gasteiger partial charge in [-0.05, 0) is 40.8 Å². The first-order valence-electron chi connectivity index (χ1n) is 13.6. The maximum atomic E-state index is 13.3. The van der Waals surface area contributed by atoms with Crippen LogP contribution in [0.3, 0.4) is 0 Å². The van der Waals surface area contributed by atoms with E-state index in [-0.39, 0.29) is 42.7 Å². The Morgan fingerprint density at radius 2 is 1.52 bits per heavy atom. The summed E-state index contributed by atoms with van der Waals surface area (Å²) in [4.78, 5) is 52.2. The Labute approximate surface area is 231 Å². The van der Waals surface area contributed by atoms with E-state index >= 15 is 0 Å². The van der Waals surface area contributed by atoms with E-state index in [1.54, 1.807) is 0 Å². The van der Waals surface area contributed by atoms with Crippen LogP contribution in [0.1, 0.15) is 42.9 Å². The molecule has 0 spiro atoms. The van der Waals surface area contributed by atoms with Crippen molar-refractivity contribution in [3.63, 3.8) is 0 Å². The molecule has 3 amide bonds.